The second-order valence-corrected chi connectivity index (χ2v) is 4.26. The second-order valence-electron chi connectivity index (χ2n) is 3.35. The Morgan fingerprint density at radius 3 is 2.26 bits per heavy atom. The number of hydrogen-bond acceptors (Lipinski definition) is 9. The maximum atomic E-state index is 8.85. The number of rotatable bonds is 2. The van der Waals surface area contributed by atoms with Gasteiger partial charge in [-0.15, -0.1) is 11.3 Å². The zero-order valence-corrected chi connectivity index (χ0v) is 9.88. The minimum atomic E-state index is 0.100. The summed E-state index contributed by atoms with van der Waals surface area (Å²) in [5, 5.41) is 33.8. The van der Waals surface area contributed by atoms with Gasteiger partial charge >= 0.3 is 0 Å². The van der Waals surface area contributed by atoms with Crippen LogP contribution in [0.15, 0.2) is 20.7 Å². The molecule has 0 aliphatic rings. The highest BCUT2D eigenvalue weighted by Gasteiger charge is 2.18. The van der Waals surface area contributed by atoms with Crippen LogP contribution >= 0.6 is 11.3 Å². The second kappa shape index (κ2) is 4.33. The molecule has 0 N–H and O–H groups in total. The normalized spacial score (nSPS) is 10.0. The first-order chi connectivity index (χ1) is 9.33. The van der Waals surface area contributed by atoms with Gasteiger partial charge in [0.2, 0.25) is 11.4 Å². The van der Waals surface area contributed by atoms with Crippen LogP contribution in [0.5, 0.6) is 0 Å². The average Bonchev–Trinajstić information content (AvgIpc) is 3.16. The maximum absolute atomic E-state index is 8.85. The molecule has 3 heterocycles. The molecular formula is C10H2N6O2S. The summed E-state index contributed by atoms with van der Waals surface area (Å²) >= 11 is 1.32. The van der Waals surface area contributed by atoms with Crippen LogP contribution in [0.2, 0.25) is 0 Å². The quantitative estimate of drug-likeness (QED) is 0.687. The van der Waals surface area contributed by atoms with E-state index in [4.69, 9.17) is 10.5 Å². The van der Waals surface area contributed by atoms with Gasteiger partial charge in [-0.2, -0.15) is 10.5 Å². The van der Waals surface area contributed by atoms with E-state index < -0.39 is 0 Å². The van der Waals surface area contributed by atoms with Crippen LogP contribution in [0.1, 0.15) is 11.4 Å². The lowest BCUT2D eigenvalue weighted by atomic mass is 10.2. The monoisotopic (exact) mass is 270 g/mol. The summed E-state index contributed by atoms with van der Waals surface area (Å²) in [7, 11) is 0. The molecule has 0 aliphatic heterocycles. The average molecular weight is 270 g/mol. The van der Waals surface area contributed by atoms with Gasteiger partial charge in [-0.25, -0.2) is 9.26 Å². The summed E-state index contributed by atoms with van der Waals surface area (Å²) in [6.45, 7) is 0. The fourth-order valence-electron chi connectivity index (χ4n) is 1.46. The Morgan fingerprint density at radius 1 is 0.947 bits per heavy atom. The fourth-order valence-corrected chi connectivity index (χ4v) is 2.33. The Bertz CT molecular complexity index is 751. The standard InChI is InChI=1S/C10H2N6O2S/c11-2-6-9(15-17-13-6)5-1-8(19-4-5)10-7(3-12)14-18-16-10/h1,4H. The van der Waals surface area contributed by atoms with E-state index in [0.29, 0.717) is 21.8 Å². The number of aromatic nitrogens is 4. The summed E-state index contributed by atoms with van der Waals surface area (Å²) in [6, 6.07) is 5.47. The van der Waals surface area contributed by atoms with Gasteiger partial charge in [0, 0.05) is 10.9 Å². The number of thiophene rings is 1. The lowest BCUT2D eigenvalue weighted by molar-refractivity contribution is 0.307. The van der Waals surface area contributed by atoms with Crippen molar-refractivity contribution in [2.24, 2.45) is 0 Å². The van der Waals surface area contributed by atoms with E-state index in [1.807, 2.05) is 12.1 Å². The van der Waals surface area contributed by atoms with Crippen LogP contribution in [-0.4, -0.2) is 20.6 Å². The van der Waals surface area contributed by atoms with Crippen molar-refractivity contribution in [2.45, 2.75) is 0 Å². The van der Waals surface area contributed by atoms with Crippen molar-refractivity contribution in [1.82, 2.24) is 20.6 Å². The smallest absolute Gasteiger partial charge is 0.213 e. The fraction of sp³-hybridized carbons (Fsp3) is 0. The lowest BCUT2D eigenvalue weighted by Gasteiger charge is -1.87. The van der Waals surface area contributed by atoms with Crippen LogP contribution in [0.4, 0.5) is 0 Å². The molecule has 0 aromatic carbocycles. The molecule has 3 rings (SSSR count). The molecule has 0 atom stereocenters. The Labute approximate surface area is 109 Å². The van der Waals surface area contributed by atoms with Gasteiger partial charge in [0.15, 0.2) is 11.4 Å². The summed E-state index contributed by atoms with van der Waals surface area (Å²) in [6.07, 6.45) is 0. The van der Waals surface area contributed by atoms with Gasteiger partial charge in [0.1, 0.15) is 12.1 Å². The zero-order valence-electron chi connectivity index (χ0n) is 9.06. The topological polar surface area (TPSA) is 125 Å². The highest BCUT2D eigenvalue weighted by atomic mass is 32.1. The van der Waals surface area contributed by atoms with Crippen LogP contribution in [0, 0.1) is 22.7 Å². The van der Waals surface area contributed by atoms with Gasteiger partial charge in [-0.1, -0.05) is 0 Å². The van der Waals surface area contributed by atoms with Crippen molar-refractivity contribution < 1.29 is 9.26 Å². The molecule has 0 bridgehead atoms. The molecule has 0 radical (unpaired) electrons. The van der Waals surface area contributed by atoms with Crippen molar-refractivity contribution in [3.8, 4) is 34.0 Å². The Kier molecular flexibility index (Phi) is 2.52. The van der Waals surface area contributed by atoms with E-state index in [9.17, 15) is 0 Å². The first-order valence-electron chi connectivity index (χ1n) is 4.88. The molecule has 90 valence electrons. The predicted molar refractivity (Wildman–Crippen MR) is 60.3 cm³/mol. The van der Waals surface area contributed by atoms with E-state index in [-0.39, 0.29) is 11.4 Å². The Morgan fingerprint density at radius 2 is 1.58 bits per heavy atom. The maximum Gasteiger partial charge on any atom is 0.213 e. The van der Waals surface area contributed by atoms with E-state index in [1.54, 1.807) is 11.4 Å². The van der Waals surface area contributed by atoms with E-state index >= 15 is 0 Å². The molecule has 0 unspecified atom stereocenters. The Hall–Kier alpha value is -3.04. The molecule has 0 fully saturated rings. The van der Waals surface area contributed by atoms with E-state index in [0.717, 1.165) is 0 Å². The minimum Gasteiger partial charge on any atom is -0.243 e. The van der Waals surface area contributed by atoms with Crippen molar-refractivity contribution in [3.63, 3.8) is 0 Å². The molecule has 0 saturated carbocycles. The van der Waals surface area contributed by atoms with Crippen LogP contribution in [0.3, 0.4) is 0 Å². The number of nitrogens with zero attached hydrogens (tertiary/aromatic N) is 6. The van der Waals surface area contributed by atoms with Gasteiger partial charge < -0.3 is 0 Å². The van der Waals surface area contributed by atoms with Crippen molar-refractivity contribution in [3.05, 3.63) is 22.8 Å². The van der Waals surface area contributed by atoms with Crippen LogP contribution < -0.4 is 0 Å². The van der Waals surface area contributed by atoms with Crippen molar-refractivity contribution in [2.75, 3.05) is 0 Å². The van der Waals surface area contributed by atoms with E-state index in [1.165, 1.54) is 11.3 Å². The number of hydrogen-bond donors (Lipinski definition) is 0. The zero-order chi connectivity index (χ0) is 13.2. The summed E-state index contributed by atoms with van der Waals surface area (Å²) < 4.78 is 9.04. The van der Waals surface area contributed by atoms with Crippen molar-refractivity contribution in [1.29, 1.82) is 10.5 Å². The molecule has 19 heavy (non-hydrogen) atoms. The Balaban J connectivity index is 2.06. The molecule has 0 saturated heterocycles. The summed E-state index contributed by atoms with van der Waals surface area (Å²) in [5.74, 6) is 0. The molecule has 8 nitrogen and oxygen atoms in total. The molecule has 0 spiro atoms. The highest BCUT2D eigenvalue weighted by Crippen LogP contribution is 2.32. The SMILES string of the molecule is N#Cc1nonc1-c1csc(-c2nonc2C#N)c1. The molecule has 0 amide bonds. The van der Waals surface area contributed by atoms with Crippen LogP contribution in [-0.2, 0) is 0 Å². The van der Waals surface area contributed by atoms with Gasteiger partial charge in [-0.3, -0.25) is 0 Å². The minimum absolute atomic E-state index is 0.100. The summed E-state index contributed by atoms with van der Waals surface area (Å²) in [4.78, 5) is 0.680. The van der Waals surface area contributed by atoms with Crippen molar-refractivity contribution >= 4 is 11.3 Å². The third-order valence-corrected chi connectivity index (χ3v) is 3.23. The first kappa shape index (κ1) is 11.1. The third kappa shape index (κ3) is 1.74. The molecule has 9 heteroatoms. The molecule has 0 aliphatic carbocycles. The molecular weight excluding hydrogens is 268 g/mol. The van der Waals surface area contributed by atoms with Gasteiger partial charge in [0.25, 0.3) is 0 Å². The first-order valence-corrected chi connectivity index (χ1v) is 5.76. The lowest BCUT2D eigenvalue weighted by Crippen LogP contribution is -1.80. The highest BCUT2D eigenvalue weighted by molar-refractivity contribution is 7.14. The van der Waals surface area contributed by atoms with Gasteiger partial charge in [0.05, 0.1) is 4.88 Å². The van der Waals surface area contributed by atoms with Gasteiger partial charge in [-0.05, 0) is 26.7 Å². The third-order valence-electron chi connectivity index (χ3n) is 2.30. The molecule has 3 aromatic rings. The summed E-state index contributed by atoms with van der Waals surface area (Å²) in [5.41, 5.74) is 1.56. The predicted octanol–water partition coefficient (Wildman–Crippen LogP) is 1.59. The molecule has 3 aromatic heterocycles. The van der Waals surface area contributed by atoms with E-state index in [2.05, 4.69) is 29.9 Å². The largest absolute Gasteiger partial charge is 0.243 e. The number of nitriles is 2. The van der Waals surface area contributed by atoms with Crippen LogP contribution in [0.25, 0.3) is 21.8 Å².